The molecule has 3 rings (SSSR count). The van der Waals surface area contributed by atoms with E-state index in [0.717, 1.165) is 51.9 Å². The van der Waals surface area contributed by atoms with E-state index in [0.29, 0.717) is 18.5 Å². The maximum Gasteiger partial charge on any atom is 0.236 e. The molecule has 1 amide bonds. The van der Waals surface area contributed by atoms with Crippen LogP contribution in [0.1, 0.15) is 42.4 Å². The smallest absolute Gasteiger partial charge is 0.236 e. The fraction of sp³-hybridized carbons (Fsp3) is 0.591. The minimum absolute atomic E-state index is 0.289. The van der Waals surface area contributed by atoms with E-state index in [1.165, 1.54) is 16.7 Å². The van der Waals surface area contributed by atoms with Gasteiger partial charge in [-0.15, -0.1) is 0 Å². The fourth-order valence-electron chi connectivity index (χ4n) is 4.07. The van der Waals surface area contributed by atoms with Crippen molar-refractivity contribution in [3.8, 4) is 0 Å². The molecule has 2 heterocycles. The maximum absolute atomic E-state index is 12.6. The summed E-state index contributed by atoms with van der Waals surface area (Å²) in [7, 11) is 0. The van der Waals surface area contributed by atoms with Gasteiger partial charge in [0.25, 0.3) is 0 Å². The van der Waals surface area contributed by atoms with Crippen LogP contribution >= 0.6 is 0 Å². The van der Waals surface area contributed by atoms with Crippen molar-refractivity contribution in [1.29, 1.82) is 0 Å². The summed E-state index contributed by atoms with van der Waals surface area (Å²) in [4.78, 5) is 16.9. The number of carbonyl (C=O) groups excluding carboxylic acids is 1. The molecule has 142 valence electrons. The van der Waals surface area contributed by atoms with Gasteiger partial charge in [0, 0.05) is 32.2 Å². The van der Waals surface area contributed by atoms with Crippen molar-refractivity contribution in [1.82, 2.24) is 9.80 Å². The molecule has 0 radical (unpaired) electrons. The number of aryl methyl sites for hydroxylation is 2. The molecule has 0 bridgehead atoms. The highest BCUT2D eigenvalue weighted by Crippen LogP contribution is 2.22. The Balaban J connectivity index is 1.46. The third-order valence-corrected chi connectivity index (χ3v) is 5.96. The first-order valence-corrected chi connectivity index (χ1v) is 10.0. The fourth-order valence-corrected chi connectivity index (χ4v) is 4.07. The third kappa shape index (κ3) is 4.95. The molecule has 2 N–H and O–H groups in total. The Morgan fingerprint density at radius 1 is 1.08 bits per heavy atom. The quantitative estimate of drug-likeness (QED) is 0.903. The van der Waals surface area contributed by atoms with E-state index in [-0.39, 0.29) is 5.91 Å². The van der Waals surface area contributed by atoms with Gasteiger partial charge in [0.1, 0.15) is 0 Å². The molecular formula is C22H33N3O. The molecule has 0 aliphatic carbocycles. The monoisotopic (exact) mass is 355 g/mol. The number of nitrogens with zero attached hydrogens (tertiary/aromatic N) is 2. The largest absolute Gasteiger partial charge is 0.342 e. The number of piperidine rings is 2. The zero-order valence-electron chi connectivity index (χ0n) is 16.3. The minimum atomic E-state index is 0.289. The van der Waals surface area contributed by atoms with Crippen molar-refractivity contribution in [2.24, 2.45) is 11.7 Å². The first-order valence-electron chi connectivity index (χ1n) is 10.0. The summed E-state index contributed by atoms with van der Waals surface area (Å²) in [6.07, 6.45) is 8.79. The van der Waals surface area contributed by atoms with Crippen LogP contribution in [0.5, 0.6) is 0 Å². The summed E-state index contributed by atoms with van der Waals surface area (Å²) in [5.74, 6) is 0.865. The predicted octanol–water partition coefficient (Wildman–Crippen LogP) is 2.98. The highest BCUT2D eigenvalue weighted by atomic mass is 16.2. The van der Waals surface area contributed by atoms with E-state index in [4.69, 9.17) is 5.73 Å². The van der Waals surface area contributed by atoms with Crippen molar-refractivity contribution in [3.63, 3.8) is 0 Å². The first-order chi connectivity index (χ1) is 12.5. The number of allylic oxidation sites excluding steroid dienone is 1. The molecule has 4 nitrogen and oxygen atoms in total. The molecule has 0 unspecified atom stereocenters. The lowest BCUT2D eigenvalue weighted by molar-refractivity contribution is -0.133. The van der Waals surface area contributed by atoms with E-state index in [9.17, 15) is 4.79 Å². The lowest BCUT2D eigenvalue weighted by Gasteiger charge is -2.34. The Morgan fingerprint density at radius 2 is 1.69 bits per heavy atom. The van der Waals surface area contributed by atoms with Crippen molar-refractivity contribution in [3.05, 3.63) is 41.0 Å². The van der Waals surface area contributed by atoms with Crippen LogP contribution in [-0.2, 0) is 4.79 Å². The Labute approximate surface area is 158 Å². The van der Waals surface area contributed by atoms with Crippen LogP contribution in [0.3, 0.4) is 0 Å². The predicted molar refractivity (Wildman–Crippen MR) is 108 cm³/mol. The zero-order chi connectivity index (χ0) is 18.5. The molecule has 26 heavy (non-hydrogen) atoms. The number of benzene rings is 1. The van der Waals surface area contributed by atoms with Crippen LogP contribution in [0.25, 0.3) is 6.08 Å². The summed E-state index contributed by atoms with van der Waals surface area (Å²) >= 11 is 0. The molecule has 2 fully saturated rings. The lowest BCUT2D eigenvalue weighted by atomic mass is 9.94. The maximum atomic E-state index is 12.6. The van der Waals surface area contributed by atoms with Crippen LogP contribution in [0.2, 0.25) is 0 Å². The molecule has 2 aliphatic heterocycles. The molecule has 0 saturated carbocycles. The molecule has 4 heteroatoms. The van der Waals surface area contributed by atoms with Gasteiger partial charge in [-0.2, -0.15) is 0 Å². The SMILES string of the molecule is Cc1cccc(C)c1/C=C/C1CCN(C(=O)CN2CCC(N)CC2)CC1. The number of likely N-dealkylation sites (tertiary alicyclic amines) is 2. The Hall–Kier alpha value is -1.65. The second-order valence-electron chi connectivity index (χ2n) is 8.00. The summed E-state index contributed by atoms with van der Waals surface area (Å²) in [6, 6.07) is 6.77. The standard InChI is InChI=1S/C22H33N3O/c1-17-4-3-5-18(2)21(17)7-6-19-8-14-25(15-9-19)22(26)16-24-12-10-20(23)11-13-24/h3-7,19-20H,8-16,23H2,1-2H3/b7-6+. The zero-order valence-corrected chi connectivity index (χ0v) is 16.3. The number of amides is 1. The number of hydrogen-bond acceptors (Lipinski definition) is 3. The third-order valence-electron chi connectivity index (χ3n) is 5.96. The minimum Gasteiger partial charge on any atom is -0.342 e. The van der Waals surface area contributed by atoms with E-state index >= 15 is 0 Å². The molecule has 0 spiro atoms. The van der Waals surface area contributed by atoms with Gasteiger partial charge in [-0.3, -0.25) is 9.69 Å². The van der Waals surface area contributed by atoms with Gasteiger partial charge in [-0.05, 0) is 62.1 Å². The van der Waals surface area contributed by atoms with Crippen molar-refractivity contribution in [2.45, 2.75) is 45.6 Å². The van der Waals surface area contributed by atoms with Gasteiger partial charge < -0.3 is 10.6 Å². The average molecular weight is 356 g/mol. The number of nitrogens with two attached hydrogens (primary N) is 1. The highest BCUT2D eigenvalue weighted by molar-refractivity contribution is 5.78. The van der Waals surface area contributed by atoms with Crippen LogP contribution in [0.15, 0.2) is 24.3 Å². The topological polar surface area (TPSA) is 49.6 Å². The van der Waals surface area contributed by atoms with Gasteiger partial charge in [0.15, 0.2) is 0 Å². The van der Waals surface area contributed by atoms with Crippen LogP contribution in [0, 0.1) is 19.8 Å². The second kappa shape index (κ2) is 8.83. The molecule has 0 atom stereocenters. The lowest BCUT2D eigenvalue weighted by Crippen LogP contribution is -2.47. The van der Waals surface area contributed by atoms with Gasteiger partial charge in [-0.25, -0.2) is 0 Å². The van der Waals surface area contributed by atoms with Crippen molar-refractivity contribution >= 4 is 12.0 Å². The molecular weight excluding hydrogens is 322 g/mol. The molecule has 1 aromatic rings. The van der Waals surface area contributed by atoms with Crippen molar-refractivity contribution in [2.75, 3.05) is 32.7 Å². The number of carbonyl (C=O) groups is 1. The van der Waals surface area contributed by atoms with Gasteiger partial charge in [0.2, 0.25) is 5.91 Å². The molecule has 2 saturated heterocycles. The Kier molecular flexibility index (Phi) is 6.49. The van der Waals surface area contributed by atoms with E-state index in [2.05, 4.69) is 54.0 Å². The van der Waals surface area contributed by atoms with Gasteiger partial charge in [-0.1, -0.05) is 30.4 Å². The Bertz CT molecular complexity index is 619. The van der Waals surface area contributed by atoms with Crippen LogP contribution in [-0.4, -0.2) is 54.5 Å². The number of rotatable bonds is 4. The summed E-state index contributed by atoms with van der Waals surface area (Å²) in [6.45, 7) is 8.59. The average Bonchev–Trinajstić information content (AvgIpc) is 2.64. The normalized spacial score (nSPS) is 20.8. The van der Waals surface area contributed by atoms with Gasteiger partial charge in [0.05, 0.1) is 6.54 Å². The second-order valence-corrected chi connectivity index (χ2v) is 8.00. The molecule has 0 aromatic heterocycles. The molecule has 1 aromatic carbocycles. The summed E-state index contributed by atoms with van der Waals surface area (Å²) in [5, 5.41) is 0. The van der Waals surface area contributed by atoms with E-state index in [1.807, 2.05) is 0 Å². The first kappa shape index (κ1) is 19.1. The highest BCUT2D eigenvalue weighted by Gasteiger charge is 2.24. The van der Waals surface area contributed by atoms with E-state index < -0.39 is 0 Å². The van der Waals surface area contributed by atoms with E-state index in [1.54, 1.807) is 0 Å². The van der Waals surface area contributed by atoms with Crippen molar-refractivity contribution < 1.29 is 4.79 Å². The number of hydrogen-bond donors (Lipinski definition) is 1. The Morgan fingerprint density at radius 3 is 2.31 bits per heavy atom. The van der Waals surface area contributed by atoms with Crippen LogP contribution < -0.4 is 5.73 Å². The summed E-state index contributed by atoms with van der Waals surface area (Å²) < 4.78 is 0. The summed E-state index contributed by atoms with van der Waals surface area (Å²) in [5.41, 5.74) is 9.95. The van der Waals surface area contributed by atoms with Crippen LogP contribution in [0.4, 0.5) is 0 Å². The molecule has 2 aliphatic rings. The van der Waals surface area contributed by atoms with Gasteiger partial charge >= 0.3 is 0 Å².